The van der Waals surface area contributed by atoms with Crippen LogP contribution in [0.3, 0.4) is 0 Å². The van der Waals surface area contributed by atoms with Crippen molar-refractivity contribution >= 4 is 22.6 Å². The molecule has 0 spiro atoms. The number of hydrogen-bond donors (Lipinski definition) is 0. The lowest BCUT2D eigenvalue weighted by atomic mass is 9.77. The third-order valence-corrected chi connectivity index (χ3v) is 17.3. The van der Waals surface area contributed by atoms with Gasteiger partial charge in [-0.1, -0.05) is 292 Å². The third kappa shape index (κ3) is 10.1. The molecule has 0 saturated heterocycles. The fraction of sp³-hybridized carbons (Fsp3) is 0.110. The minimum atomic E-state index is -0.872. The number of nitrogens with zero attached hydrogens (tertiary/aromatic N) is 10. The fourth-order valence-corrected chi connectivity index (χ4v) is 12.8. The molecule has 0 N–H and O–H groups in total. The molecule has 0 aliphatic heterocycles. The van der Waals surface area contributed by atoms with Gasteiger partial charge in [0.1, 0.15) is 13.1 Å². The summed E-state index contributed by atoms with van der Waals surface area (Å²) in [7, 11) is 0. The number of halogens is 1. The highest BCUT2D eigenvalue weighted by atomic mass is 127. The van der Waals surface area contributed by atoms with E-state index in [0.717, 1.165) is 99.1 Å². The zero-order valence-electron chi connectivity index (χ0n) is 46.5. The standard InChI is InChI=1S/C73H60IN10/c1-2-3-42-68-69(74)82(52-55-45-49-57(50-46-55)65-39-23-25-41-67(65)71-76-80-84(78-71)73(61-32-16-7-17-33-61,62-34-18-8-19-35-62)63-36-20-9-21-37-63)53-81(68)51-54-43-47-56(48-44-54)64-38-22-24-40-66(64)70-75-79-83(77-70)72(58-26-10-4-11-27-58,59-28-12-5-13-29-59)60-30-14-6-15-31-60/h4-41,43-50,53H,2-3,42,51-52H2,1H3/q+1. The van der Waals surface area contributed by atoms with Crippen molar-refractivity contribution in [1.82, 2.24) is 45.0 Å². The minimum Gasteiger partial charge on any atom is -0.229 e. The lowest BCUT2D eigenvalue weighted by Crippen LogP contribution is -2.39. The molecule has 0 fully saturated rings. The minimum absolute atomic E-state index is 0.555. The molecule has 10 nitrogen and oxygen atoms in total. The number of rotatable bonds is 19. The Labute approximate surface area is 503 Å². The molecule has 10 aromatic carbocycles. The summed E-state index contributed by atoms with van der Waals surface area (Å²) < 4.78 is 6.08. The summed E-state index contributed by atoms with van der Waals surface area (Å²) in [6.07, 6.45) is 5.52. The molecule has 11 heteroatoms. The van der Waals surface area contributed by atoms with Crippen LogP contribution in [0.1, 0.15) is 70.0 Å². The Hall–Kier alpha value is -9.72. The van der Waals surface area contributed by atoms with E-state index in [1.165, 1.54) is 20.5 Å². The van der Waals surface area contributed by atoms with Crippen molar-refractivity contribution < 1.29 is 4.57 Å². The van der Waals surface area contributed by atoms with Crippen LogP contribution in [0.25, 0.3) is 45.0 Å². The summed E-state index contributed by atoms with van der Waals surface area (Å²) in [6, 6.07) is 97.3. The van der Waals surface area contributed by atoms with Crippen LogP contribution in [-0.2, 0) is 30.6 Å². The second kappa shape index (κ2) is 24.0. The Kier molecular flexibility index (Phi) is 15.3. The van der Waals surface area contributed by atoms with E-state index in [2.05, 4.69) is 275 Å². The number of aromatic nitrogens is 10. The number of unbranched alkanes of at least 4 members (excludes halogenated alkanes) is 1. The van der Waals surface area contributed by atoms with Crippen molar-refractivity contribution in [3.8, 4) is 45.0 Å². The number of benzene rings is 10. The maximum Gasteiger partial charge on any atom is 0.245 e. The third-order valence-electron chi connectivity index (χ3n) is 16.0. The molecular weight excluding hydrogens is 1140 g/mol. The molecule has 0 amide bonds. The van der Waals surface area contributed by atoms with Gasteiger partial charge in [0.15, 0.2) is 16.8 Å². The van der Waals surface area contributed by atoms with Gasteiger partial charge in [0.2, 0.25) is 21.7 Å². The Bertz CT molecular complexity index is 4090. The predicted molar refractivity (Wildman–Crippen MR) is 341 cm³/mol. The van der Waals surface area contributed by atoms with Crippen LogP contribution in [0.2, 0.25) is 0 Å². The van der Waals surface area contributed by atoms with Crippen LogP contribution < -0.4 is 4.57 Å². The molecule has 408 valence electrons. The van der Waals surface area contributed by atoms with Crippen molar-refractivity contribution in [2.45, 2.75) is 50.4 Å². The van der Waals surface area contributed by atoms with E-state index < -0.39 is 11.1 Å². The first-order valence-corrected chi connectivity index (χ1v) is 29.7. The maximum atomic E-state index is 5.26. The number of hydrogen-bond acceptors (Lipinski definition) is 6. The monoisotopic (exact) mass is 1200 g/mol. The topological polar surface area (TPSA) is 96.0 Å². The summed E-state index contributed by atoms with van der Waals surface area (Å²) in [5.41, 5.74) is 14.3. The molecule has 0 radical (unpaired) electrons. The van der Waals surface area contributed by atoms with Crippen molar-refractivity contribution in [2.75, 3.05) is 0 Å². The molecule has 0 aliphatic carbocycles. The van der Waals surface area contributed by atoms with Gasteiger partial charge in [-0.2, -0.15) is 0 Å². The summed E-state index contributed by atoms with van der Waals surface area (Å²) in [5.74, 6) is 1.11. The highest BCUT2D eigenvalue weighted by molar-refractivity contribution is 14.1. The highest BCUT2D eigenvalue weighted by Gasteiger charge is 2.43. The molecule has 84 heavy (non-hydrogen) atoms. The Morgan fingerprint density at radius 1 is 0.393 bits per heavy atom. The van der Waals surface area contributed by atoms with E-state index in [9.17, 15) is 0 Å². The molecule has 13 aromatic rings. The maximum absolute atomic E-state index is 5.26. The fourth-order valence-electron chi connectivity index (χ4n) is 11.9. The van der Waals surface area contributed by atoms with Crippen molar-refractivity contribution in [3.05, 3.63) is 339 Å². The van der Waals surface area contributed by atoms with Gasteiger partial charge in [-0.3, -0.25) is 0 Å². The molecule has 0 aliphatic rings. The van der Waals surface area contributed by atoms with Crippen LogP contribution in [0, 0.1) is 3.70 Å². The van der Waals surface area contributed by atoms with Crippen LogP contribution in [0.15, 0.2) is 285 Å². The van der Waals surface area contributed by atoms with Gasteiger partial charge in [-0.05, 0) is 83.6 Å². The summed E-state index contributed by atoms with van der Waals surface area (Å²) >= 11 is 2.56. The first-order valence-electron chi connectivity index (χ1n) is 28.6. The van der Waals surface area contributed by atoms with Gasteiger partial charge in [-0.15, -0.1) is 30.0 Å². The molecule has 0 unspecified atom stereocenters. The second-order valence-electron chi connectivity index (χ2n) is 21.1. The first-order chi connectivity index (χ1) is 41.5. The normalized spacial score (nSPS) is 11.7. The summed E-state index contributed by atoms with van der Waals surface area (Å²) in [6.45, 7) is 3.75. The average Bonchev–Trinajstić information content (AvgIpc) is 3.69. The van der Waals surface area contributed by atoms with E-state index in [-0.39, 0.29) is 0 Å². The van der Waals surface area contributed by atoms with E-state index in [1.54, 1.807) is 9.59 Å². The van der Waals surface area contributed by atoms with Gasteiger partial charge < -0.3 is 0 Å². The zero-order chi connectivity index (χ0) is 56.7. The second-order valence-corrected chi connectivity index (χ2v) is 22.1. The SMILES string of the molecule is CCCCc1c(I)n(Cc2ccc(-c3ccccc3-c3nnn(C(c4ccccc4)(c4ccccc4)c4ccccc4)n3)cc2)c[n+]1Cc1ccc(-c2ccccc2-c2nnn(C(c3ccccc3)(c3ccccc3)c3ccccc3)n2)cc1. The van der Waals surface area contributed by atoms with Crippen molar-refractivity contribution in [3.63, 3.8) is 0 Å². The van der Waals surface area contributed by atoms with Crippen LogP contribution in [-0.4, -0.2) is 45.0 Å². The van der Waals surface area contributed by atoms with Crippen LogP contribution in [0.4, 0.5) is 0 Å². The molecule has 3 aromatic heterocycles. The summed E-state index contributed by atoms with van der Waals surface area (Å²) in [4.78, 5) is 3.58. The van der Waals surface area contributed by atoms with E-state index >= 15 is 0 Å². The average molecular weight is 1200 g/mol. The molecule has 3 heterocycles. The molecular formula is C73H60IN10+. The molecule has 0 saturated carbocycles. The number of tetrazole rings is 2. The highest BCUT2D eigenvalue weighted by Crippen LogP contribution is 2.43. The predicted octanol–water partition coefficient (Wildman–Crippen LogP) is 15.1. The molecule has 13 rings (SSSR count). The first kappa shape index (κ1) is 53.6. The van der Waals surface area contributed by atoms with Gasteiger partial charge in [0, 0.05) is 40.1 Å². The number of imidazole rings is 1. The molecule has 0 bridgehead atoms. The zero-order valence-corrected chi connectivity index (χ0v) is 48.7. The molecule has 0 atom stereocenters. The van der Waals surface area contributed by atoms with Crippen molar-refractivity contribution in [1.29, 1.82) is 0 Å². The van der Waals surface area contributed by atoms with Gasteiger partial charge in [0.25, 0.3) is 0 Å². The smallest absolute Gasteiger partial charge is 0.229 e. The summed E-state index contributed by atoms with van der Waals surface area (Å²) in [5, 5.41) is 29.9. The van der Waals surface area contributed by atoms with Gasteiger partial charge >= 0.3 is 0 Å². The van der Waals surface area contributed by atoms with Crippen LogP contribution in [0.5, 0.6) is 0 Å². The van der Waals surface area contributed by atoms with E-state index in [0.29, 0.717) is 11.6 Å². The van der Waals surface area contributed by atoms with E-state index in [4.69, 9.17) is 30.8 Å². The van der Waals surface area contributed by atoms with Crippen LogP contribution >= 0.6 is 22.6 Å². The van der Waals surface area contributed by atoms with Gasteiger partial charge in [0.05, 0.1) is 0 Å². The lowest BCUT2D eigenvalue weighted by Gasteiger charge is -2.34. The van der Waals surface area contributed by atoms with Crippen molar-refractivity contribution in [2.24, 2.45) is 0 Å². The van der Waals surface area contributed by atoms with E-state index in [1.807, 2.05) is 48.5 Å². The quantitative estimate of drug-likeness (QED) is 0.0455. The van der Waals surface area contributed by atoms with Gasteiger partial charge in [-0.25, -0.2) is 9.13 Å². The Balaban J connectivity index is 0.762. The Morgan fingerprint density at radius 3 is 1.08 bits per heavy atom. The Morgan fingerprint density at radius 2 is 0.726 bits per heavy atom. The largest absolute Gasteiger partial charge is 0.245 e. The lowest BCUT2D eigenvalue weighted by molar-refractivity contribution is -0.695.